The number of rotatable bonds is 2. The quantitative estimate of drug-likeness (QED) is 0.913. The van der Waals surface area contributed by atoms with Crippen molar-refractivity contribution >= 4 is 23.2 Å². The van der Waals surface area contributed by atoms with Crippen LogP contribution in [0.4, 0.5) is 0 Å². The number of hydrogen-bond donors (Lipinski definition) is 1. The highest BCUT2D eigenvalue weighted by Crippen LogP contribution is 2.36. The van der Waals surface area contributed by atoms with Crippen LogP contribution >= 0.6 is 11.6 Å². The fourth-order valence-corrected chi connectivity index (χ4v) is 2.90. The zero-order chi connectivity index (χ0) is 16.6. The molecule has 3 rings (SSSR count). The summed E-state index contributed by atoms with van der Waals surface area (Å²) in [5, 5.41) is 17.1. The average Bonchev–Trinajstić information content (AvgIpc) is 2.83. The number of aliphatic hydroxyl groups is 1. The number of halogens is 1. The molecule has 0 spiro atoms. The zero-order valence-electron chi connectivity index (χ0n) is 13.0. The van der Waals surface area contributed by atoms with Crippen LogP contribution in [0.25, 0.3) is 0 Å². The summed E-state index contributed by atoms with van der Waals surface area (Å²) in [5.74, 6) is -0.331. The summed E-state index contributed by atoms with van der Waals surface area (Å²) in [5.41, 5.74) is 1.27. The summed E-state index contributed by atoms with van der Waals surface area (Å²) in [4.78, 5) is 12.8. The Morgan fingerprint density at radius 3 is 2.57 bits per heavy atom. The van der Waals surface area contributed by atoms with E-state index in [1.54, 1.807) is 43.3 Å². The highest BCUT2D eigenvalue weighted by atomic mass is 35.5. The van der Waals surface area contributed by atoms with Gasteiger partial charge in [0.1, 0.15) is 0 Å². The van der Waals surface area contributed by atoms with Gasteiger partial charge in [-0.1, -0.05) is 41.4 Å². The van der Waals surface area contributed by atoms with Crippen molar-refractivity contribution in [3.63, 3.8) is 0 Å². The molecule has 1 aliphatic rings. The smallest absolute Gasteiger partial charge is 0.276 e. The first-order valence-corrected chi connectivity index (χ1v) is 7.72. The third-order valence-electron chi connectivity index (χ3n) is 3.89. The Morgan fingerprint density at radius 2 is 1.91 bits per heavy atom. The second kappa shape index (κ2) is 5.80. The fourth-order valence-electron chi connectivity index (χ4n) is 2.78. The van der Waals surface area contributed by atoms with E-state index in [0.29, 0.717) is 21.9 Å². The molecule has 1 aliphatic heterocycles. The minimum Gasteiger partial charge on any atom is -0.365 e. The van der Waals surface area contributed by atoms with E-state index in [9.17, 15) is 9.90 Å². The number of carbonyl (C=O) groups is 1. The molecule has 0 saturated carbocycles. The van der Waals surface area contributed by atoms with Gasteiger partial charge in [-0.25, -0.2) is 0 Å². The van der Waals surface area contributed by atoms with Crippen molar-refractivity contribution in [2.24, 2.45) is 5.10 Å². The maximum Gasteiger partial charge on any atom is 0.276 e. The van der Waals surface area contributed by atoms with Gasteiger partial charge in [0.25, 0.3) is 5.91 Å². The molecule has 0 fully saturated rings. The third-order valence-corrected chi connectivity index (χ3v) is 4.14. The molecular formula is C18H17ClN2O2. The first-order chi connectivity index (χ1) is 10.9. The molecule has 0 aliphatic carbocycles. The van der Waals surface area contributed by atoms with Gasteiger partial charge in [0.2, 0.25) is 0 Å². The first kappa shape index (κ1) is 15.7. The minimum absolute atomic E-state index is 0.270. The van der Waals surface area contributed by atoms with Crippen LogP contribution in [0.5, 0.6) is 0 Å². The van der Waals surface area contributed by atoms with E-state index in [-0.39, 0.29) is 12.3 Å². The van der Waals surface area contributed by atoms with Gasteiger partial charge in [0.05, 0.1) is 0 Å². The predicted octanol–water partition coefficient (Wildman–Crippen LogP) is 3.72. The summed E-state index contributed by atoms with van der Waals surface area (Å²) in [6.07, 6.45) is 0.270. The Balaban J connectivity index is 2.01. The van der Waals surface area contributed by atoms with Crippen molar-refractivity contribution in [2.45, 2.75) is 26.0 Å². The largest absolute Gasteiger partial charge is 0.365 e. The zero-order valence-corrected chi connectivity index (χ0v) is 13.7. The number of hydrogen-bond acceptors (Lipinski definition) is 3. The SMILES string of the molecule is CC1=NN(C(=O)c2cccc(C)c2)C(O)(c2ccc(Cl)cc2)C1. The van der Waals surface area contributed by atoms with Gasteiger partial charge in [-0.2, -0.15) is 10.1 Å². The van der Waals surface area contributed by atoms with Crippen LogP contribution in [-0.2, 0) is 5.72 Å². The van der Waals surface area contributed by atoms with E-state index in [1.165, 1.54) is 5.01 Å². The first-order valence-electron chi connectivity index (χ1n) is 7.34. The number of nitrogens with zero attached hydrogens (tertiary/aromatic N) is 2. The highest BCUT2D eigenvalue weighted by molar-refractivity contribution is 6.30. The second-order valence-corrected chi connectivity index (χ2v) is 6.26. The molecule has 23 heavy (non-hydrogen) atoms. The van der Waals surface area contributed by atoms with Crippen LogP contribution in [-0.4, -0.2) is 21.7 Å². The lowest BCUT2D eigenvalue weighted by Gasteiger charge is -2.31. The summed E-state index contributed by atoms with van der Waals surface area (Å²) in [6, 6.07) is 14.1. The lowest BCUT2D eigenvalue weighted by molar-refractivity contribution is -0.0765. The van der Waals surface area contributed by atoms with Gasteiger partial charge in [-0.05, 0) is 38.1 Å². The number of carbonyl (C=O) groups excluding carboxylic acids is 1. The van der Waals surface area contributed by atoms with E-state index in [0.717, 1.165) is 5.56 Å². The monoisotopic (exact) mass is 328 g/mol. The van der Waals surface area contributed by atoms with Crippen LogP contribution in [0.3, 0.4) is 0 Å². The van der Waals surface area contributed by atoms with Crippen LogP contribution < -0.4 is 0 Å². The van der Waals surface area contributed by atoms with Gasteiger partial charge in [-0.3, -0.25) is 4.79 Å². The van der Waals surface area contributed by atoms with Gasteiger partial charge < -0.3 is 5.11 Å². The third kappa shape index (κ3) is 2.87. The standard InChI is InChI=1S/C18H17ClN2O2/c1-12-4-3-5-14(10-12)17(22)21-18(23,11-13(2)20-21)15-6-8-16(19)9-7-15/h3-10,23H,11H2,1-2H3. The molecule has 118 valence electrons. The van der Waals surface area contributed by atoms with E-state index in [2.05, 4.69) is 5.10 Å². The molecule has 1 heterocycles. The van der Waals surface area contributed by atoms with Gasteiger partial charge in [0.15, 0.2) is 5.72 Å². The van der Waals surface area contributed by atoms with Crippen molar-refractivity contribution in [3.8, 4) is 0 Å². The van der Waals surface area contributed by atoms with Crippen LogP contribution in [0, 0.1) is 6.92 Å². The average molecular weight is 329 g/mol. The molecular weight excluding hydrogens is 312 g/mol. The van der Waals surface area contributed by atoms with Crippen molar-refractivity contribution in [2.75, 3.05) is 0 Å². The predicted molar refractivity (Wildman–Crippen MR) is 90.4 cm³/mol. The number of amides is 1. The molecule has 5 heteroatoms. The van der Waals surface area contributed by atoms with Crippen molar-refractivity contribution < 1.29 is 9.90 Å². The summed E-state index contributed by atoms with van der Waals surface area (Å²) < 4.78 is 0. The molecule has 4 nitrogen and oxygen atoms in total. The van der Waals surface area contributed by atoms with E-state index in [4.69, 9.17) is 11.6 Å². The molecule has 2 aromatic rings. The van der Waals surface area contributed by atoms with Crippen molar-refractivity contribution in [1.82, 2.24) is 5.01 Å². The molecule has 0 radical (unpaired) electrons. The van der Waals surface area contributed by atoms with Crippen molar-refractivity contribution in [3.05, 3.63) is 70.2 Å². The Hall–Kier alpha value is -2.17. The van der Waals surface area contributed by atoms with E-state index < -0.39 is 5.72 Å². The minimum atomic E-state index is -1.49. The number of hydrazone groups is 1. The summed E-state index contributed by atoms with van der Waals surface area (Å²) in [6.45, 7) is 3.71. The Kier molecular flexibility index (Phi) is 3.96. The maximum absolute atomic E-state index is 12.8. The number of aryl methyl sites for hydroxylation is 1. The Bertz CT molecular complexity index is 786. The van der Waals surface area contributed by atoms with Crippen LogP contribution in [0.15, 0.2) is 53.6 Å². The summed E-state index contributed by atoms with van der Waals surface area (Å²) >= 11 is 5.91. The summed E-state index contributed by atoms with van der Waals surface area (Å²) in [7, 11) is 0. The lowest BCUT2D eigenvalue weighted by atomic mass is 9.97. The Labute approximate surface area is 140 Å². The molecule has 1 N–H and O–H groups in total. The van der Waals surface area contributed by atoms with Gasteiger partial charge in [0, 0.05) is 28.3 Å². The number of benzene rings is 2. The molecule has 2 aromatic carbocycles. The van der Waals surface area contributed by atoms with Gasteiger partial charge >= 0.3 is 0 Å². The van der Waals surface area contributed by atoms with E-state index in [1.807, 2.05) is 19.1 Å². The molecule has 0 saturated heterocycles. The second-order valence-electron chi connectivity index (χ2n) is 5.82. The normalized spacial score (nSPS) is 20.5. The Morgan fingerprint density at radius 1 is 1.22 bits per heavy atom. The maximum atomic E-state index is 12.8. The van der Waals surface area contributed by atoms with E-state index >= 15 is 0 Å². The van der Waals surface area contributed by atoms with Crippen LogP contribution in [0.1, 0.15) is 34.8 Å². The topological polar surface area (TPSA) is 52.9 Å². The molecule has 0 bridgehead atoms. The molecule has 1 atom stereocenters. The fraction of sp³-hybridized carbons (Fsp3) is 0.222. The van der Waals surface area contributed by atoms with Gasteiger partial charge in [-0.15, -0.1) is 0 Å². The van der Waals surface area contributed by atoms with Crippen molar-refractivity contribution in [1.29, 1.82) is 0 Å². The lowest BCUT2D eigenvalue weighted by Crippen LogP contribution is -2.43. The molecule has 1 unspecified atom stereocenters. The van der Waals surface area contributed by atoms with Crippen LogP contribution in [0.2, 0.25) is 5.02 Å². The molecule has 0 aromatic heterocycles. The molecule has 1 amide bonds. The highest BCUT2D eigenvalue weighted by Gasteiger charge is 2.45.